The first-order valence-electron chi connectivity index (χ1n) is 8.54. The van der Waals surface area contributed by atoms with Crippen molar-refractivity contribution in [2.45, 2.75) is 89.0 Å². The molecule has 1 aliphatic carbocycles. The molecule has 118 valence electrons. The monoisotopic (exact) mass is 292 g/mol. The molecule has 0 aromatic carbocycles. The quantitative estimate of drug-likeness (QED) is 0.906. The van der Waals surface area contributed by atoms with Gasteiger partial charge in [-0.2, -0.15) is 0 Å². The molecular weight excluding hydrogens is 264 g/mol. The molecular formula is C16H28N4O. The van der Waals surface area contributed by atoms with Gasteiger partial charge in [0.15, 0.2) is 0 Å². The Kier molecular flexibility index (Phi) is 4.60. The highest BCUT2D eigenvalue weighted by Gasteiger charge is 2.40. The SMILES string of the molecule is CCCC(N)c1cn(CC2CCC3(CCCCC3)O2)nn1. The minimum atomic E-state index is 0.0120. The van der Waals surface area contributed by atoms with Crippen molar-refractivity contribution in [1.82, 2.24) is 15.0 Å². The molecule has 2 N–H and O–H groups in total. The standard InChI is InChI=1S/C16H28N4O/c1-2-6-14(17)15-12-20(19-18-15)11-13-7-10-16(21-13)8-4-3-5-9-16/h12-14H,2-11,17H2,1H3. The van der Waals surface area contributed by atoms with Crippen LogP contribution in [0.3, 0.4) is 0 Å². The van der Waals surface area contributed by atoms with Crippen molar-refractivity contribution in [3.05, 3.63) is 11.9 Å². The Balaban J connectivity index is 1.55. The van der Waals surface area contributed by atoms with Gasteiger partial charge in [-0.3, -0.25) is 0 Å². The third-order valence-corrected chi connectivity index (χ3v) is 5.03. The molecule has 0 radical (unpaired) electrons. The first kappa shape index (κ1) is 15.0. The third-order valence-electron chi connectivity index (χ3n) is 5.03. The van der Waals surface area contributed by atoms with Crippen LogP contribution in [-0.2, 0) is 11.3 Å². The first-order chi connectivity index (χ1) is 10.2. The zero-order valence-corrected chi connectivity index (χ0v) is 13.1. The maximum Gasteiger partial charge on any atom is 0.0994 e. The summed E-state index contributed by atoms with van der Waals surface area (Å²) in [5.41, 5.74) is 7.18. The van der Waals surface area contributed by atoms with E-state index in [0.29, 0.717) is 6.10 Å². The molecule has 2 atom stereocenters. The highest BCUT2D eigenvalue weighted by atomic mass is 16.5. The van der Waals surface area contributed by atoms with E-state index in [9.17, 15) is 0 Å². The fourth-order valence-electron chi connectivity index (χ4n) is 3.83. The predicted octanol–water partition coefficient (Wildman–Crippen LogP) is 2.96. The Labute approximate surface area is 127 Å². The zero-order valence-electron chi connectivity index (χ0n) is 13.1. The summed E-state index contributed by atoms with van der Waals surface area (Å²) in [4.78, 5) is 0. The van der Waals surface area contributed by atoms with Crippen LogP contribution in [0.25, 0.3) is 0 Å². The molecule has 1 spiro atoms. The molecule has 2 aliphatic rings. The highest BCUT2D eigenvalue weighted by Crippen LogP contribution is 2.42. The normalized spacial score (nSPS) is 26.3. The van der Waals surface area contributed by atoms with Gasteiger partial charge < -0.3 is 10.5 Å². The van der Waals surface area contributed by atoms with E-state index in [4.69, 9.17) is 10.5 Å². The van der Waals surface area contributed by atoms with Crippen molar-refractivity contribution in [3.63, 3.8) is 0 Å². The van der Waals surface area contributed by atoms with Gasteiger partial charge in [-0.25, -0.2) is 4.68 Å². The zero-order chi connectivity index (χ0) is 14.7. The van der Waals surface area contributed by atoms with Crippen LogP contribution < -0.4 is 5.73 Å². The van der Waals surface area contributed by atoms with E-state index >= 15 is 0 Å². The van der Waals surface area contributed by atoms with Gasteiger partial charge in [-0.05, 0) is 32.1 Å². The number of ether oxygens (including phenoxy) is 1. The molecule has 1 saturated heterocycles. The van der Waals surface area contributed by atoms with E-state index in [-0.39, 0.29) is 11.6 Å². The lowest BCUT2D eigenvalue weighted by Gasteiger charge is -2.33. The highest BCUT2D eigenvalue weighted by molar-refractivity contribution is 5.00. The fraction of sp³-hybridized carbons (Fsp3) is 0.875. The number of nitrogens with zero attached hydrogens (tertiary/aromatic N) is 3. The maximum atomic E-state index is 6.39. The molecule has 1 saturated carbocycles. The Bertz CT molecular complexity index is 453. The average molecular weight is 292 g/mol. The number of aromatic nitrogens is 3. The molecule has 21 heavy (non-hydrogen) atoms. The lowest BCUT2D eigenvalue weighted by molar-refractivity contribution is -0.0689. The van der Waals surface area contributed by atoms with Crippen LogP contribution in [0.15, 0.2) is 6.20 Å². The van der Waals surface area contributed by atoms with Crippen LogP contribution in [-0.4, -0.2) is 26.7 Å². The van der Waals surface area contributed by atoms with Crippen LogP contribution >= 0.6 is 0 Å². The van der Waals surface area contributed by atoms with E-state index in [1.807, 2.05) is 10.9 Å². The van der Waals surface area contributed by atoms with Gasteiger partial charge in [0.05, 0.1) is 36.2 Å². The number of rotatable bonds is 5. The van der Waals surface area contributed by atoms with Crippen molar-refractivity contribution in [3.8, 4) is 0 Å². The fourth-order valence-corrected chi connectivity index (χ4v) is 3.83. The minimum Gasteiger partial charge on any atom is -0.370 e. The second kappa shape index (κ2) is 6.44. The largest absolute Gasteiger partial charge is 0.370 e. The van der Waals surface area contributed by atoms with Gasteiger partial charge in [0.2, 0.25) is 0 Å². The van der Waals surface area contributed by atoms with E-state index < -0.39 is 0 Å². The van der Waals surface area contributed by atoms with Crippen LogP contribution in [0, 0.1) is 0 Å². The summed E-state index contributed by atoms with van der Waals surface area (Å²) >= 11 is 0. The van der Waals surface area contributed by atoms with Gasteiger partial charge in [-0.1, -0.05) is 37.8 Å². The Hall–Kier alpha value is -0.940. The van der Waals surface area contributed by atoms with Crippen LogP contribution in [0.5, 0.6) is 0 Å². The topological polar surface area (TPSA) is 66.0 Å². The molecule has 1 aliphatic heterocycles. The van der Waals surface area contributed by atoms with Crippen LogP contribution in [0.2, 0.25) is 0 Å². The second-order valence-electron chi connectivity index (χ2n) is 6.78. The molecule has 0 bridgehead atoms. The van der Waals surface area contributed by atoms with E-state index in [1.165, 1.54) is 38.5 Å². The third kappa shape index (κ3) is 3.46. The lowest BCUT2D eigenvalue weighted by Crippen LogP contribution is -2.32. The molecule has 1 aromatic rings. The van der Waals surface area contributed by atoms with Crippen LogP contribution in [0.1, 0.15) is 76.4 Å². The molecule has 2 fully saturated rings. The van der Waals surface area contributed by atoms with Crippen molar-refractivity contribution in [2.24, 2.45) is 5.73 Å². The first-order valence-corrected chi connectivity index (χ1v) is 8.54. The molecule has 2 unspecified atom stereocenters. The van der Waals surface area contributed by atoms with Gasteiger partial charge in [0.25, 0.3) is 0 Å². The molecule has 5 nitrogen and oxygen atoms in total. The summed E-state index contributed by atoms with van der Waals surface area (Å²) in [6, 6.07) is 0.0120. The molecule has 3 rings (SSSR count). The van der Waals surface area contributed by atoms with Gasteiger partial charge in [-0.15, -0.1) is 5.10 Å². The van der Waals surface area contributed by atoms with E-state index in [1.54, 1.807) is 0 Å². The molecule has 2 heterocycles. The summed E-state index contributed by atoms with van der Waals surface area (Å²) < 4.78 is 8.31. The summed E-state index contributed by atoms with van der Waals surface area (Å²) in [5, 5.41) is 8.44. The van der Waals surface area contributed by atoms with Crippen molar-refractivity contribution in [2.75, 3.05) is 0 Å². The number of hydrogen-bond acceptors (Lipinski definition) is 4. The minimum absolute atomic E-state index is 0.0120. The number of nitrogens with two attached hydrogens (primary N) is 1. The summed E-state index contributed by atoms with van der Waals surface area (Å²) in [7, 11) is 0. The van der Waals surface area contributed by atoms with Gasteiger partial charge in [0.1, 0.15) is 0 Å². The molecule has 1 aromatic heterocycles. The van der Waals surface area contributed by atoms with E-state index in [2.05, 4.69) is 17.2 Å². The number of hydrogen-bond donors (Lipinski definition) is 1. The van der Waals surface area contributed by atoms with Crippen LogP contribution in [0.4, 0.5) is 0 Å². The van der Waals surface area contributed by atoms with Gasteiger partial charge in [0, 0.05) is 0 Å². The Morgan fingerprint density at radius 1 is 1.38 bits per heavy atom. The molecule has 5 heteroatoms. The Morgan fingerprint density at radius 2 is 2.19 bits per heavy atom. The smallest absolute Gasteiger partial charge is 0.0994 e. The average Bonchev–Trinajstić information content (AvgIpc) is 3.09. The van der Waals surface area contributed by atoms with Crippen molar-refractivity contribution in [1.29, 1.82) is 0 Å². The summed E-state index contributed by atoms with van der Waals surface area (Å²) in [6.45, 7) is 2.95. The van der Waals surface area contributed by atoms with Crippen molar-refractivity contribution >= 4 is 0 Å². The predicted molar refractivity (Wildman–Crippen MR) is 81.8 cm³/mol. The molecule has 0 amide bonds. The summed E-state index contributed by atoms with van der Waals surface area (Å²) in [6.07, 6.45) is 13.2. The lowest BCUT2D eigenvalue weighted by atomic mass is 9.83. The summed E-state index contributed by atoms with van der Waals surface area (Å²) in [5.74, 6) is 0. The van der Waals surface area contributed by atoms with Gasteiger partial charge >= 0.3 is 0 Å². The maximum absolute atomic E-state index is 6.39. The van der Waals surface area contributed by atoms with Crippen molar-refractivity contribution < 1.29 is 4.74 Å². The van der Waals surface area contributed by atoms with E-state index in [0.717, 1.165) is 31.5 Å². The Morgan fingerprint density at radius 3 is 2.95 bits per heavy atom. The second-order valence-corrected chi connectivity index (χ2v) is 6.78.